The van der Waals surface area contributed by atoms with E-state index in [9.17, 15) is 8.42 Å². The molecule has 0 atom stereocenters. The van der Waals surface area contributed by atoms with Gasteiger partial charge in [0, 0.05) is 6.04 Å². The summed E-state index contributed by atoms with van der Waals surface area (Å²) in [4.78, 5) is 0.0920. The highest BCUT2D eigenvalue weighted by atomic mass is 32.2. The summed E-state index contributed by atoms with van der Waals surface area (Å²) >= 11 is 0. The fraction of sp³-hybridized carbons (Fsp3) is 0.500. The molecule has 1 aromatic heterocycles. The van der Waals surface area contributed by atoms with Gasteiger partial charge in [0.05, 0.1) is 6.20 Å². The molecule has 2 rings (SSSR count). The van der Waals surface area contributed by atoms with Crippen molar-refractivity contribution in [2.75, 3.05) is 0 Å². The van der Waals surface area contributed by atoms with Crippen molar-refractivity contribution in [2.24, 2.45) is 0 Å². The standard InChI is InChI=1S/C6H8N2O3S/c9-12(10,8-5-1-2-5)6-3-7-11-4-6/h3-5,8H,1-2H2. The predicted octanol–water partition coefficient (Wildman–Crippen LogP) is 0.115. The Kier molecular flexibility index (Phi) is 1.66. The fourth-order valence-corrected chi connectivity index (χ4v) is 1.98. The van der Waals surface area contributed by atoms with Crippen molar-refractivity contribution < 1.29 is 12.9 Å². The molecular formula is C6H8N2O3S. The summed E-state index contributed by atoms with van der Waals surface area (Å²) in [6.45, 7) is 0. The maximum Gasteiger partial charge on any atom is 0.245 e. The Morgan fingerprint density at radius 3 is 2.83 bits per heavy atom. The highest BCUT2D eigenvalue weighted by molar-refractivity contribution is 7.89. The second-order valence-corrected chi connectivity index (χ2v) is 4.47. The summed E-state index contributed by atoms with van der Waals surface area (Å²) in [6.07, 6.45) is 4.14. The smallest absolute Gasteiger partial charge is 0.245 e. The van der Waals surface area contributed by atoms with Crippen molar-refractivity contribution in [3.05, 3.63) is 12.5 Å². The first-order valence-electron chi connectivity index (χ1n) is 3.60. The zero-order valence-electron chi connectivity index (χ0n) is 6.23. The van der Waals surface area contributed by atoms with Crippen LogP contribution in [0.1, 0.15) is 12.8 Å². The van der Waals surface area contributed by atoms with Gasteiger partial charge in [-0.3, -0.25) is 0 Å². The lowest BCUT2D eigenvalue weighted by atomic mass is 10.8. The lowest BCUT2D eigenvalue weighted by Gasteiger charge is -1.99. The zero-order valence-corrected chi connectivity index (χ0v) is 7.04. The lowest BCUT2D eigenvalue weighted by Crippen LogP contribution is -2.25. The average Bonchev–Trinajstić information content (AvgIpc) is 2.67. The Labute approximate surface area is 69.8 Å². The predicted molar refractivity (Wildman–Crippen MR) is 39.8 cm³/mol. The van der Waals surface area contributed by atoms with Crippen molar-refractivity contribution in [1.82, 2.24) is 9.88 Å². The number of rotatable bonds is 3. The van der Waals surface area contributed by atoms with Gasteiger partial charge in [0.15, 0.2) is 0 Å². The molecule has 0 radical (unpaired) electrons. The molecule has 1 fully saturated rings. The van der Waals surface area contributed by atoms with Gasteiger partial charge in [-0.2, -0.15) is 0 Å². The Morgan fingerprint density at radius 2 is 2.33 bits per heavy atom. The molecule has 66 valence electrons. The molecule has 5 nitrogen and oxygen atoms in total. The van der Waals surface area contributed by atoms with Crippen LogP contribution in [-0.4, -0.2) is 19.6 Å². The van der Waals surface area contributed by atoms with E-state index in [4.69, 9.17) is 0 Å². The van der Waals surface area contributed by atoms with E-state index in [-0.39, 0.29) is 10.9 Å². The molecule has 0 unspecified atom stereocenters. The molecule has 0 bridgehead atoms. The Morgan fingerprint density at radius 1 is 1.58 bits per heavy atom. The average molecular weight is 188 g/mol. The maximum absolute atomic E-state index is 11.3. The fourth-order valence-electron chi connectivity index (χ4n) is 0.817. The van der Waals surface area contributed by atoms with Crippen LogP contribution in [0.2, 0.25) is 0 Å². The van der Waals surface area contributed by atoms with Gasteiger partial charge in [0.25, 0.3) is 0 Å². The largest absolute Gasteiger partial charge is 0.363 e. The third-order valence-corrected chi connectivity index (χ3v) is 3.09. The SMILES string of the molecule is O=S(=O)(NC1CC1)c1cnoc1. The van der Waals surface area contributed by atoms with Gasteiger partial charge in [-0.25, -0.2) is 13.1 Å². The van der Waals surface area contributed by atoms with Crippen molar-refractivity contribution in [2.45, 2.75) is 23.8 Å². The Bertz CT molecular complexity index is 352. The maximum atomic E-state index is 11.3. The summed E-state index contributed by atoms with van der Waals surface area (Å²) in [5.41, 5.74) is 0. The van der Waals surface area contributed by atoms with Crippen LogP contribution in [0.4, 0.5) is 0 Å². The number of nitrogens with zero attached hydrogens (tertiary/aromatic N) is 1. The van der Waals surface area contributed by atoms with Gasteiger partial charge in [-0.05, 0) is 12.8 Å². The van der Waals surface area contributed by atoms with E-state index in [1.807, 2.05) is 0 Å². The molecule has 6 heteroatoms. The molecule has 1 aromatic rings. The molecule has 0 aromatic carbocycles. The van der Waals surface area contributed by atoms with E-state index in [0.29, 0.717) is 0 Å². The molecule has 1 N–H and O–H groups in total. The van der Waals surface area contributed by atoms with Crippen LogP contribution < -0.4 is 4.72 Å². The van der Waals surface area contributed by atoms with E-state index in [2.05, 4.69) is 14.4 Å². The van der Waals surface area contributed by atoms with E-state index < -0.39 is 10.0 Å². The van der Waals surface area contributed by atoms with Crippen LogP contribution in [0.15, 0.2) is 21.9 Å². The topological polar surface area (TPSA) is 72.2 Å². The minimum Gasteiger partial charge on any atom is -0.363 e. The molecule has 12 heavy (non-hydrogen) atoms. The first-order valence-corrected chi connectivity index (χ1v) is 5.08. The number of hydrogen-bond donors (Lipinski definition) is 1. The lowest BCUT2D eigenvalue weighted by molar-refractivity contribution is 0.417. The Hall–Kier alpha value is -0.880. The third kappa shape index (κ3) is 1.49. The zero-order chi connectivity index (χ0) is 8.60. The van der Waals surface area contributed by atoms with Gasteiger partial charge in [-0.15, -0.1) is 0 Å². The monoisotopic (exact) mass is 188 g/mol. The van der Waals surface area contributed by atoms with Crippen LogP contribution in [-0.2, 0) is 10.0 Å². The minimum atomic E-state index is -3.36. The molecule has 1 heterocycles. The van der Waals surface area contributed by atoms with Crippen LogP contribution >= 0.6 is 0 Å². The first kappa shape index (κ1) is 7.75. The second-order valence-electron chi connectivity index (χ2n) is 2.76. The number of nitrogens with one attached hydrogen (secondary N) is 1. The summed E-state index contributed by atoms with van der Waals surface area (Å²) in [6, 6.07) is 0.116. The molecule has 1 saturated carbocycles. The van der Waals surface area contributed by atoms with Crippen molar-refractivity contribution >= 4 is 10.0 Å². The van der Waals surface area contributed by atoms with Crippen LogP contribution in [0, 0.1) is 0 Å². The Balaban J connectivity index is 2.20. The van der Waals surface area contributed by atoms with E-state index in [0.717, 1.165) is 19.1 Å². The summed E-state index contributed by atoms with van der Waals surface area (Å²) in [5, 5.41) is 3.32. The van der Waals surface area contributed by atoms with Crippen LogP contribution in [0.5, 0.6) is 0 Å². The highest BCUT2D eigenvalue weighted by Crippen LogP contribution is 2.21. The molecule has 0 saturated heterocycles. The summed E-state index contributed by atoms with van der Waals surface area (Å²) in [7, 11) is -3.36. The van der Waals surface area contributed by atoms with Gasteiger partial charge in [-0.1, -0.05) is 5.16 Å². The van der Waals surface area contributed by atoms with Crippen molar-refractivity contribution in [3.8, 4) is 0 Å². The molecule has 0 spiro atoms. The molecule has 0 amide bonds. The molecule has 1 aliphatic rings. The van der Waals surface area contributed by atoms with Gasteiger partial charge < -0.3 is 4.52 Å². The van der Waals surface area contributed by atoms with Crippen molar-refractivity contribution in [3.63, 3.8) is 0 Å². The third-order valence-electron chi connectivity index (χ3n) is 1.62. The van der Waals surface area contributed by atoms with Crippen LogP contribution in [0.3, 0.4) is 0 Å². The van der Waals surface area contributed by atoms with Gasteiger partial charge >= 0.3 is 0 Å². The van der Waals surface area contributed by atoms with Gasteiger partial charge in [0.1, 0.15) is 11.2 Å². The summed E-state index contributed by atoms with van der Waals surface area (Å²) in [5.74, 6) is 0. The van der Waals surface area contributed by atoms with E-state index in [1.54, 1.807) is 0 Å². The normalized spacial score (nSPS) is 18.0. The second kappa shape index (κ2) is 2.56. The number of aromatic nitrogens is 1. The van der Waals surface area contributed by atoms with Crippen LogP contribution in [0.25, 0.3) is 0 Å². The first-order chi connectivity index (χ1) is 5.68. The molecule has 0 aliphatic heterocycles. The molecule has 1 aliphatic carbocycles. The quantitative estimate of drug-likeness (QED) is 0.731. The summed E-state index contributed by atoms with van der Waals surface area (Å²) < 4.78 is 29.6. The van der Waals surface area contributed by atoms with Crippen molar-refractivity contribution in [1.29, 1.82) is 0 Å². The highest BCUT2D eigenvalue weighted by Gasteiger charge is 2.28. The van der Waals surface area contributed by atoms with Gasteiger partial charge in [0.2, 0.25) is 10.0 Å². The number of hydrogen-bond acceptors (Lipinski definition) is 4. The van der Waals surface area contributed by atoms with E-state index in [1.165, 1.54) is 6.20 Å². The van der Waals surface area contributed by atoms with E-state index >= 15 is 0 Å². The number of sulfonamides is 1. The minimum absolute atomic E-state index is 0.0920. The molecular weight excluding hydrogens is 180 g/mol.